The van der Waals surface area contributed by atoms with E-state index < -0.39 is 0 Å². The summed E-state index contributed by atoms with van der Waals surface area (Å²) in [7, 11) is 0. The van der Waals surface area contributed by atoms with Crippen LogP contribution in [0.5, 0.6) is 0 Å². The summed E-state index contributed by atoms with van der Waals surface area (Å²) in [5.41, 5.74) is 11.8. The van der Waals surface area contributed by atoms with Gasteiger partial charge in [-0.15, -0.1) is 0 Å². The van der Waals surface area contributed by atoms with Crippen LogP contribution >= 0.6 is 0 Å². The normalized spacial score (nSPS) is 19.1. The quantitative estimate of drug-likeness (QED) is 0.876. The Bertz CT molecular complexity index is 639. The van der Waals surface area contributed by atoms with E-state index in [2.05, 4.69) is 24.3 Å². The van der Waals surface area contributed by atoms with Crippen LogP contribution in [0.2, 0.25) is 0 Å². The van der Waals surface area contributed by atoms with Gasteiger partial charge in [0, 0.05) is 6.04 Å². The van der Waals surface area contributed by atoms with Crippen LogP contribution in [0, 0.1) is 25.6 Å². The summed E-state index contributed by atoms with van der Waals surface area (Å²) in [6.07, 6.45) is 3.22. The van der Waals surface area contributed by atoms with Crippen molar-refractivity contribution in [1.29, 1.82) is 0 Å². The number of benzene rings is 2. The van der Waals surface area contributed by atoms with Crippen molar-refractivity contribution in [3.05, 3.63) is 70.0 Å². The van der Waals surface area contributed by atoms with Crippen LogP contribution in [-0.2, 0) is 12.8 Å². The molecule has 0 bridgehead atoms. The van der Waals surface area contributed by atoms with Gasteiger partial charge in [-0.05, 0) is 66.8 Å². The van der Waals surface area contributed by atoms with Crippen LogP contribution in [0.25, 0.3) is 0 Å². The van der Waals surface area contributed by atoms with Crippen LogP contribution in [0.4, 0.5) is 4.39 Å². The molecule has 0 heterocycles. The molecule has 2 N–H and O–H groups in total. The van der Waals surface area contributed by atoms with Gasteiger partial charge in [-0.2, -0.15) is 0 Å². The van der Waals surface area contributed by atoms with E-state index in [0.717, 1.165) is 24.8 Å². The number of fused-ring (bicyclic) bond motifs is 1. The zero-order valence-electron chi connectivity index (χ0n) is 12.7. The first kappa shape index (κ1) is 14.3. The molecule has 0 spiro atoms. The maximum Gasteiger partial charge on any atom is 0.129 e. The summed E-state index contributed by atoms with van der Waals surface area (Å²) in [6, 6.07) is 12.4. The topological polar surface area (TPSA) is 26.0 Å². The number of rotatable bonds is 2. The standard InChI is InChI=1S/C19H22FN/c1-12-9-17(10-13(2)18(12)20)19(21)16-8-7-14-5-3-4-6-15(14)11-16/h3-6,9-10,16,19H,7-8,11,21H2,1-2H3. The minimum absolute atomic E-state index is 0.0173. The summed E-state index contributed by atoms with van der Waals surface area (Å²) < 4.78 is 13.8. The van der Waals surface area contributed by atoms with E-state index in [0.29, 0.717) is 17.0 Å². The Morgan fingerprint density at radius 2 is 1.71 bits per heavy atom. The Labute approximate surface area is 126 Å². The molecule has 1 aliphatic rings. The molecule has 2 heteroatoms. The molecule has 0 fully saturated rings. The lowest BCUT2D eigenvalue weighted by Gasteiger charge is -2.30. The zero-order valence-corrected chi connectivity index (χ0v) is 12.7. The molecule has 0 aromatic heterocycles. The summed E-state index contributed by atoms with van der Waals surface area (Å²) in [5.74, 6) is 0.323. The fraction of sp³-hybridized carbons (Fsp3) is 0.368. The molecular formula is C19H22FN. The summed E-state index contributed by atoms with van der Waals surface area (Å²) in [4.78, 5) is 0. The number of hydrogen-bond donors (Lipinski definition) is 1. The van der Waals surface area contributed by atoms with E-state index in [1.807, 2.05) is 26.0 Å². The van der Waals surface area contributed by atoms with Crippen molar-refractivity contribution in [3.63, 3.8) is 0 Å². The van der Waals surface area contributed by atoms with Gasteiger partial charge in [0.2, 0.25) is 0 Å². The Balaban J connectivity index is 1.85. The van der Waals surface area contributed by atoms with E-state index in [-0.39, 0.29) is 11.9 Å². The maximum atomic E-state index is 13.8. The Hall–Kier alpha value is -1.67. The first-order valence-electron chi connectivity index (χ1n) is 7.65. The molecule has 2 unspecified atom stereocenters. The molecule has 2 aromatic rings. The van der Waals surface area contributed by atoms with Gasteiger partial charge in [-0.3, -0.25) is 0 Å². The van der Waals surface area contributed by atoms with Gasteiger partial charge in [-0.25, -0.2) is 4.39 Å². The molecular weight excluding hydrogens is 261 g/mol. The SMILES string of the molecule is Cc1cc(C(N)C2CCc3ccccc3C2)cc(C)c1F. The van der Waals surface area contributed by atoms with Gasteiger partial charge in [0.05, 0.1) is 0 Å². The predicted octanol–water partition coefficient (Wildman–Crippen LogP) is 4.25. The van der Waals surface area contributed by atoms with E-state index in [1.165, 1.54) is 11.1 Å². The molecule has 21 heavy (non-hydrogen) atoms. The highest BCUT2D eigenvalue weighted by molar-refractivity contribution is 5.34. The average Bonchev–Trinajstić information content (AvgIpc) is 2.51. The largest absolute Gasteiger partial charge is 0.324 e. The van der Waals surface area contributed by atoms with Crippen molar-refractivity contribution < 1.29 is 4.39 Å². The van der Waals surface area contributed by atoms with E-state index in [9.17, 15) is 4.39 Å². The van der Waals surface area contributed by atoms with Crippen molar-refractivity contribution in [2.75, 3.05) is 0 Å². The van der Waals surface area contributed by atoms with E-state index in [4.69, 9.17) is 5.73 Å². The third-order valence-electron chi connectivity index (χ3n) is 4.74. The second-order valence-electron chi connectivity index (χ2n) is 6.27. The first-order chi connectivity index (χ1) is 10.1. The summed E-state index contributed by atoms with van der Waals surface area (Å²) in [5, 5.41) is 0. The average molecular weight is 283 g/mol. The summed E-state index contributed by atoms with van der Waals surface area (Å²) in [6.45, 7) is 3.63. The van der Waals surface area contributed by atoms with Gasteiger partial charge in [0.25, 0.3) is 0 Å². The lowest BCUT2D eigenvalue weighted by molar-refractivity contribution is 0.382. The minimum Gasteiger partial charge on any atom is -0.324 e. The Kier molecular flexibility index (Phi) is 3.81. The predicted molar refractivity (Wildman–Crippen MR) is 84.8 cm³/mol. The lowest BCUT2D eigenvalue weighted by Crippen LogP contribution is -2.27. The highest BCUT2D eigenvalue weighted by Gasteiger charge is 2.25. The van der Waals surface area contributed by atoms with Crippen molar-refractivity contribution in [1.82, 2.24) is 0 Å². The van der Waals surface area contributed by atoms with Crippen molar-refractivity contribution in [3.8, 4) is 0 Å². The molecule has 0 aliphatic heterocycles. The fourth-order valence-electron chi connectivity index (χ4n) is 3.48. The van der Waals surface area contributed by atoms with E-state index >= 15 is 0 Å². The van der Waals surface area contributed by atoms with Crippen LogP contribution in [0.15, 0.2) is 36.4 Å². The molecule has 1 aliphatic carbocycles. The zero-order chi connectivity index (χ0) is 15.0. The smallest absolute Gasteiger partial charge is 0.129 e. The molecule has 0 saturated carbocycles. The second-order valence-corrected chi connectivity index (χ2v) is 6.27. The van der Waals surface area contributed by atoms with Crippen molar-refractivity contribution in [2.24, 2.45) is 11.7 Å². The highest BCUT2D eigenvalue weighted by Crippen LogP contribution is 2.33. The molecule has 3 rings (SSSR count). The van der Waals surface area contributed by atoms with Crippen LogP contribution in [0.1, 0.15) is 40.3 Å². The first-order valence-corrected chi connectivity index (χ1v) is 7.65. The summed E-state index contributed by atoms with van der Waals surface area (Å²) >= 11 is 0. The lowest BCUT2D eigenvalue weighted by atomic mass is 9.78. The van der Waals surface area contributed by atoms with Gasteiger partial charge >= 0.3 is 0 Å². The molecule has 2 aromatic carbocycles. The number of hydrogen-bond acceptors (Lipinski definition) is 1. The number of halogens is 1. The molecule has 1 nitrogen and oxygen atoms in total. The molecule has 2 atom stereocenters. The van der Waals surface area contributed by atoms with Crippen LogP contribution < -0.4 is 5.73 Å². The van der Waals surface area contributed by atoms with Gasteiger partial charge in [-0.1, -0.05) is 36.4 Å². The molecule has 0 amide bonds. The van der Waals surface area contributed by atoms with Crippen LogP contribution in [0.3, 0.4) is 0 Å². The molecule has 110 valence electrons. The molecule has 0 radical (unpaired) electrons. The monoisotopic (exact) mass is 283 g/mol. The minimum atomic E-state index is -0.111. The van der Waals surface area contributed by atoms with Crippen molar-refractivity contribution in [2.45, 2.75) is 39.2 Å². The Morgan fingerprint density at radius 1 is 1.10 bits per heavy atom. The Morgan fingerprint density at radius 3 is 2.38 bits per heavy atom. The van der Waals surface area contributed by atoms with Gasteiger partial charge in [0.1, 0.15) is 5.82 Å². The van der Waals surface area contributed by atoms with Gasteiger partial charge in [0.15, 0.2) is 0 Å². The van der Waals surface area contributed by atoms with E-state index in [1.54, 1.807) is 0 Å². The number of nitrogens with two attached hydrogens (primary N) is 1. The third kappa shape index (κ3) is 2.73. The number of aryl methyl sites for hydroxylation is 3. The van der Waals surface area contributed by atoms with Crippen molar-refractivity contribution >= 4 is 0 Å². The molecule has 0 saturated heterocycles. The highest BCUT2D eigenvalue weighted by atomic mass is 19.1. The van der Waals surface area contributed by atoms with Crippen LogP contribution in [-0.4, -0.2) is 0 Å². The second kappa shape index (κ2) is 5.61. The maximum absolute atomic E-state index is 13.8. The third-order valence-corrected chi connectivity index (χ3v) is 4.74. The fourth-order valence-corrected chi connectivity index (χ4v) is 3.48. The van der Waals surface area contributed by atoms with Gasteiger partial charge < -0.3 is 5.73 Å².